The van der Waals surface area contributed by atoms with Crippen molar-refractivity contribution in [2.24, 2.45) is 0 Å². The lowest BCUT2D eigenvalue weighted by Gasteiger charge is -2.07. The van der Waals surface area contributed by atoms with Gasteiger partial charge in [-0.15, -0.1) is 11.6 Å². The topological polar surface area (TPSA) is 45.8 Å². The van der Waals surface area contributed by atoms with E-state index in [0.717, 1.165) is 17.5 Å². The molecule has 1 N–H and O–H groups in total. The molecule has 1 aromatic heterocycles. The van der Waals surface area contributed by atoms with Crippen LogP contribution in [0.5, 0.6) is 0 Å². The van der Waals surface area contributed by atoms with E-state index in [1.165, 1.54) is 5.56 Å². The van der Waals surface area contributed by atoms with Crippen LogP contribution >= 0.6 is 11.6 Å². The van der Waals surface area contributed by atoms with Crippen molar-refractivity contribution in [1.82, 2.24) is 9.97 Å². The monoisotopic (exact) mass is 284 g/mol. The van der Waals surface area contributed by atoms with Crippen molar-refractivity contribution in [2.75, 3.05) is 0 Å². The average molecular weight is 285 g/mol. The molecule has 0 radical (unpaired) electrons. The summed E-state index contributed by atoms with van der Waals surface area (Å²) in [4.78, 5) is 19.2. The van der Waals surface area contributed by atoms with Crippen LogP contribution < -0.4 is 5.56 Å². The molecule has 0 saturated carbocycles. The Hall–Kier alpha value is -2.13. The third-order valence-electron chi connectivity index (χ3n) is 3.23. The minimum Gasteiger partial charge on any atom is -0.309 e. The van der Waals surface area contributed by atoms with Crippen LogP contribution in [-0.4, -0.2) is 9.97 Å². The predicted molar refractivity (Wildman–Crippen MR) is 81.2 cm³/mol. The summed E-state index contributed by atoms with van der Waals surface area (Å²) in [5, 5.41) is 0.604. The molecule has 0 aliphatic heterocycles. The quantitative estimate of drug-likeness (QED) is 0.751. The van der Waals surface area contributed by atoms with E-state index < -0.39 is 0 Å². The lowest BCUT2D eigenvalue weighted by molar-refractivity contribution is 1.03. The van der Waals surface area contributed by atoms with Gasteiger partial charge in [0.1, 0.15) is 5.82 Å². The number of hydrogen-bond acceptors (Lipinski definition) is 2. The molecule has 3 aromatic rings. The summed E-state index contributed by atoms with van der Waals surface area (Å²) in [5.74, 6) is 0.704. The molecule has 0 bridgehead atoms. The summed E-state index contributed by atoms with van der Waals surface area (Å²) in [7, 11) is 0. The fourth-order valence-electron chi connectivity index (χ4n) is 2.29. The lowest BCUT2D eigenvalue weighted by atomic mass is 10.0. The van der Waals surface area contributed by atoms with Gasteiger partial charge in [0, 0.05) is 0 Å². The Kier molecular flexibility index (Phi) is 3.52. The van der Waals surface area contributed by atoms with Gasteiger partial charge in [0.2, 0.25) is 0 Å². The van der Waals surface area contributed by atoms with Gasteiger partial charge in [-0.05, 0) is 23.6 Å². The van der Waals surface area contributed by atoms with E-state index in [0.29, 0.717) is 11.2 Å². The SMILES string of the molecule is O=c1[nH]c(CCl)nc2c(Cc3ccccc3)cccc12. The van der Waals surface area contributed by atoms with Crippen molar-refractivity contribution in [3.05, 3.63) is 75.8 Å². The minimum absolute atomic E-state index is 0.138. The van der Waals surface area contributed by atoms with Gasteiger partial charge >= 0.3 is 0 Å². The molecule has 0 unspecified atom stereocenters. The van der Waals surface area contributed by atoms with Crippen LogP contribution in [0.3, 0.4) is 0 Å². The van der Waals surface area contributed by atoms with Crippen LogP contribution in [-0.2, 0) is 12.3 Å². The first-order valence-electron chi connectivity index (χ1n) is 6.38. The number of fused-ring (bicyclic) bond motifs is 1. The van der Waals surface area contributed by atoms with Crippen molar-refractivity contribution in [2.45, 2.75) is 12.3 Å². The van der Waals surface area contributed by atoms with Crippen LogP contribution in [0, 0.1) is 0 Å². The van der Waals surface area contributed by atoms with Gasteiger partial charge in [0.05, 0.1) is 16.8 Å². The number of para-hydroxylation sites is 1. The van der Waals surface area contributed by atoms with E-state index in [9.17, 15) is 4.79 Å². The number of aromatic amines is 1. The molecule has 0 aliphatic rings. The molecule has 0 aliphatic carbocycles. The van der Waals surface area contributed by atoms with E-state index in [2.05, 4.69) is 22.1 Å². The van der Waals surface area contributed by atoms with Crippen molar-refractivity contribution in [3.8, 4) is 0 Å². The standard InChI is InChI=1S/C16H13ClN2O/c17-10-14-18-15-12(9-11-5-2-1-3-6-11)7-4-8-13(15)16(20)19-14/h1-8H,9-10H2,(H,18,19,20). The Bertz CT molecular complexity index is 796. The second-order valence-electron chi connectivity index (χ2n) is 4.62. The normalized spacial score (nSPS) is 10.8. The minimum atomic E-state index is -0.138. The summed E-state index contributed by atoms with van der Waals surface area (Å²) in [6.45, 7) is 0. The number of alkyl halides is 1. The average Bonchev–Trinajstić information content (AvgIpc) is 2.49. The zero-order chi connectivity index (χ0) is 13.9. The van der Waals surface area contributed by atoms with E-state index in [4.69, 9.17) is 11.6 Å². The second-order valence-corrected chi connectivity index (χ2v) is 4.89. The zero-order valence-corrected chi connectivity index (χ0v) is 11.5. The first-order chi connectivity index (χ1) is 9.78. The van der Waals surface area contributed by atoms with Crippen LogP contribution in [0.25, 0.3) is 10.9 Å². The number of H-pyrrole nitrogens is 1. The summed E-state index contributed by atoms with van der Waals surface area (Å²) in [5.41, 5.74) is 2.82. The molecule has 4 heteroatoms. The smallest absolute Gasteiger partial charge is 0.258 e. The molecule has 0 spiro atoms. The summed E-state index contributed by atoms with van der Waals surface area (Å²) < 4.78 is 0. The van der Waals surface area contributed by atoms with Crippen LogP contribution in [0.1, 0.15) is 17.0 Å². The highest BCUT2D eigenvalue weighted by Gasteiger charge is 2.08. The molecule has 0 fully saturated rings. The first kappa shape index (κ1) is 12.9. The lowest BCUT2D eigenvalue weighted by Crippen LogP contribution is -2.12. The molecule has 3 nitrogen and oxygen atoms in total. The van der Waals surface area contributed by atoms with Gasteiger partial charge in [-0.2, -0.15) is 0 Å². The Morgan fingerprint density at radius 3 is 2.60 bits per heavy atom. The Morgan fingerprint density at radius 1 is 1.05 bits per heavy atom. The summed E-state index contributed by atoms with van der Waals surface area (Å²) in [6.07, 6.45) is 0.746. The fourth-order valence-corrected chi connectivity index (χ4v) is 2.42. The van der Waals surface area contributed by atoms with Gasteiger partial charge in [-0.1, -0.05) is 42.5 Å². The number of nitrogens with zero attached hydrogens (tertiary/aromatic N) is 1. The first-order valence-corrected chi connectivity index (χ1v) is 6.92. The van der Waals surface area contributed by atoms with Gasteiger partial charge < -0.3 is 4.98 Å². The van der Waals surface area contributed by atoms with Gasteiger partial charge in [-0.3, -0.25) is 4.79 Å². The van der Waals surface area contributed by atoms with Gasteiger partial charge in [-0.25, -0.2) is 4.98 Å². The molecular weight excluding hydrogens is 272 g/mol. The van der Waals surface area contributed by atoms with Crippen molar-refractivity contribution in [3.63, 3.8) is 0 Å². The molecular formula is C16H13ClN2O. The third kappa shape index (κ3) is 2.45. The number of nitrogens with one attached hydrogen (secondary N) is 1. The highest BCUT2D eigenvalue weighted by molar-refractivity contribution is 6.16. The molecule has 0 saturated heterocycles. The summed E-state index contributed by atoms with van der Waals surface area (Å²) >= 11 is 5.78. The maximum absolute atomic E-state index is 12.0. The van der Waals surface area contributed by atoms with Crippen LogP contribution in [0.15, 0.2) is 53.3 Å². The van der Waals surface area contributed by atoms with E-state index in [1.54, 1.807) is 6.07 Å². The number of halogens is 1. The summed E-state index contributed by atoms with van der Waals surface area (Å²) in [6, 6.07) is 15.8. The van der Waals surface area contributed by atoms with Crippen molar-refractivity contribution in [1.29, 1.82) is 0 Å². The fraction of sp³-hybridized carbons (Fsp3) is 0.125. The van der Waals surface area contributed by atoms with E-state index in [-0.39, 0.29) is 11.4 Å². The highest BCUT2D eigenvalue weighted by atomic mass is 35.5. The molecule has 2 aromatic carbocycles. The Labute approximate surface area is 121 Å². The van der Waals surface area contributed by atoms with E-state index in [1.807, 2.05) is 30.3 Å². The number of hydrogen-bond donors (Lipinski definition) is 1. The van der Waals surface area contributed by atoms with Crippen LogP contribution in [0.2, 0.25) is 0 Å². The molecule has 0 amide bonds. The number of benzene rings is 2. The van der Waals surface area contributed by atoms with Gasteiger partial charge in [0.15, 0.2) is 0 Å². The molecule has 3 rings (SSSR count). The van der Waals surface area contributed by atoms with Crippen molar-refractivity contribution < 1.29 is 0 Å². The molecule has 20 heavy (non-hydrogen) atoms. The molecule has 0 atom stereocenters. The second kappa shape index (κ2) is 5.47. The zero-order valence-electron chi connectivity index (χ0n) is 10.8. The van der Waals surface area contributed by atoms with Gasteiger partial charge in [0.25, 0.3) is 5.56 Å². The number of rotatable bonds is 3. The number of aromatic nitrogens is 2. The highest BCUT2D eigenvalue weighted by Crippen LogP contribution is 2.17. The third-order valence-corrected chi connectivity index (χ3v) is 3.49. The van der Waals surface area contributed by atoms with Crippen molar-refractivity contribution >= 4 is 22.5 Å². The Morgan fingerprint density at radius 2 is 1.85 bits per heavy atom. The maximum Gasteiger partial charge on any atom is 0.258 e. The predicted octanol–water partition coefficient (Wildman–Crippen LogP) is 3.25. The van der Waals surface area contributed by atoms with Crippen LogP contribution in [0.4, 0.5) is 0 Å². The molecule has 100 valence electrons. The maximum atomic E-state index is 12.0. The largest absolute Gasteiger partial charge is 0.309 e. The molecule has 1 heterocycles. The van der Waals surface area contributed by atoms with E-state index >= 15 is 0 Å². The Balaban J connectivity index is 2.16.